The maximum Gasteiger partial charge on any atom is 0.404 e. The van der Waals surface area contributed by atoms with E-state index in [4.69, 9.17) is 0 Å². The van der Waals surface area contributed by atoms with Gasteiger partial charge in [-0.05, 0) is 30.7 Å². The van der Waals surface area contributed by atoms with E-state index >= 15 is 0 Å². The van der Waals surface area contributed by atoms with Crippen molar-refractivity contribution in [3.63, 3.8) is 0 Å². The fraction of sp³-hybridized carbons (Fsp3) is 0.400. The molecule has 1 aromatic carbocycles. The molecule has 0 saturated carbocycles. The minimum absolute atomic E-state index is 0.201. The quantitative estimate of drug-likeness (QED) is 0.911. The summed E-state index contributed by atoms with van der Waals surface area (Å²) in [7, 11) is -4.16. The minimum atomic E-state index is -4.60. The van der Waals surface area contributed by atoms with Gasteiger partial charge in [0.05, 0.1) is 4.90 Å². The van der Waals surface area contributed by atoms with Crippen molar-refractivity contribution < 1.29 is 21.6 Å². The monoisotopic (exact) mass is 345 g/mol. The summed E-state index contributed by atoms with van der Waals surface area (Å²) in [4.78, 5) is -0.201. The van der Waals surface area contributed by atoms with Gasteiger partial charge in [-0.1, -0.05) is 22.9 Å². The van der Waals surface area contributed by atoms with Crippen LogP contribution in [0.3, 0.4) is 0 Å². The van der Waals surface area contributed by atoms with Crippen LogP contribution >= 0.6 is 15.9 Å². The van der Waals surface area contributed by atoms with E-state index in [-0.39, 0.29) is 11.3 Å². The Balaban J connectivity index is 2.98. The second-order valence-electron chi connectivity index (χ2n) is 3.58. The van der Waals surface area contributed by atoms with Crippen LogP contribution in [-0.2, 0) is 10.0 Å². The Morgan fingerprint density at radius 3 is 2.17 bits per heavy atom. The molecule has 1 atom stereocenters. The molecule has 3 nitrogen and oxygen atoms in total. The number of hydrogen-bond donors (Lipinski definition) is 1. The molecule has 0 amide bonds. The van der Waals surface area contributed by atoms with E-state index in [1.807, 2.05) is 0 Å². The molecule has 1 aromatic rings. The number of nitrogens with one attached hydrogen (secondary N) is 1. The molecule has 0 heterocycles. The van der Waals surface area contributed by atoms with Crippen molar-refractivity contribution in [2.45, 2.75) is 30.5 Å². The van der Waals surface area contributed by atoms with Gasteiger partial charge in [0.25, 0.3) is 0 Å². The lowest BCUT2D eigenvalue weighted by Crippen LogP contribution is -2.44. The van der Waals surface area contributed by atoms with Crippen LogP contribution < -0.4 is 4.72 Å². The molecule has 0 saturated heterocycles. The standard InChI is InChI=1S/C10H11BrF3NO2S/c1-2-9(10(12,13)14)15-18(16,17)8-5-3-7(11)4-6-8/h3-6,9,15H,2H2,1H3. The first-order chi connectivity index (χ1) is 8.16. The molecule has 1 unspecified atom stereocenters. The van der Waals surface area contributed by atoms with Crippen LogP contribution in [0.4, 0.5) is 13.2 Å². The largest absolute Gasteiger partial charge is 0.404 e. The number of benzene rings is 1. The van der Waals surface area contributed by atoms with Crippen molar-refractivity contribution in [3.8, 4) is 0 Å². The number of alkyl halides is 3. The summed E-state index contributed by atoms with van der Waals surface area (Å²) in [6, 6.07) is 3.28. The van der Waals surface area contributed by atoms with Crippen LogP contribution in [-0.4, -0.2) is 20.6 Å². The molecule has 0 aliphatic rings. The molecule has 0 aromatic heterocycles. The second-order valence-corrected chi connectivity index (χ2v) is 6.21. The average Bonchev–Trinajstić information content (AvgIpc) is 2.25. The number of sulfonamides is 1. The first-order valence-corrected chi connectivity index (χ1v) is 7.29. The maximum atomic E-state index is 12.5. The van der Waals surface area contributed by atoms with Gasteiger partial charge in [-0.3, -0.25) is 0 Å². The molecule has 18 heavy (non-hydrogen) atoms. The molecule has 0 radical (unpaired) electrons. The van der Waals surface area contributed by atoms with Crippen LogP contribution in [0.5, 0.6) is 0 Å². The zero-order valence-corrected chi connectivity index (χ0v) is 11.7. The molecule has 1 rings (SSSR count). The van der Waals surface area contributed by atoms with Gasteiger partial charge in [-0.25, -0.2) is 8.42 Å². The summed E-state index contributed by atoms with van der Waals surface area (Å²) < 4.78 is 63.2. The predicted octanol–water partition coefficient (Wildman–Crippen LogP) is 3.07. The maximum absolute atomic E-state index is 12.5. The topological polar surface area (TPSA) is 46.2 Å². The lowest BCUT2D eigenvalue weighted by molar-refractivity contribution is -0.151. The van der Waals surface area contributed by atoms with E-state index in [2.05, 4.69) is 15.9 Å². The Morgan fingerprint density at radius 1 is 1.28 bits per heavy atom. The summed E-state index contributed by atoms with van der Waals surface area (Å²) in [5.41, 5.74) is 0. The molecular weight excluding hydrogens is 335 g/mol. The SMILES string of the molecule is CCC(NS(=O)(=O)c1ccc(Br)cc1)C(F)(F)F. The Bertz CT molecular complexity index is 499. The molecule has 0 aliphatic heterocycles. The molecule has 0 spiro atoms. The highest BCUT2D eigenvalue weighted by Crippen LogP contribution is 2.24. The molecule has 1 N–H and O–H groups in total. The second kappa shape index (κ2) is 5.58. The molecule has 0 bridgehead atoms. The Labute approximate surface area is 112 Å². The van der Waals surface area contributed by atoms with Gasteiger partial charge in [0.1, 0.15) is 6.04 Å². The van der Waals surface area contributed by atoms with E-state index in [0.717, 1.165) is 0 Å². The van der Waals surface area contributed by atoms with Gasteiger partial charge in [0, 0.05) is 4.47 Å². The van der Waals surface area contributed by atoms with E-state index in [9.17, 15) is 21.6 Å². The fourth-order valence-corrected chi connectivity index (χ4v) is 2.82. The highest BCUT2D eigenvalue weighted by atomic mass is 79.9. The zero-order valence-electron chi connectivity index (χ0n) is 9.33. The van der Waals surface area contributed by atoms with Gasteiger partial charge in [0.15, 0.2) is 0 Å². The normalized spacial score (nSPS) is 14.5. The first-order valence-electron chi connectivity index (χ1n) is 5.01. The summed E-state index contributed by atoms with van der Waals surface area (Å²) in [5, 5.41) is 0. The van der Waals surface area contributed by atoms with Gasteiger partial charge in [0.2, 0.25) is 10.0 Å². The highest BCUT2D eigenvalue weighted by molar-refractivity contribution is 9.10. The Morgan fingerprint density at radius 2 is 1.78 bits per heavy atom. The summed E-state index contributed by atoms with van der Waals surface area (Å²) in [6.45, 7) is 1.27. The van der Waals surface area contributed by atoms with Crippen molar-refractivity contribution in [2.75, 3.05) is 0 Å². The van der Waals surface area contributed by atoms with Crippen molar-refractivity contribution in [2.24, 2.45) is 0 Å². The van der Waals surface area contributed by atoms with Crippen molar-refractivity contribution in [1.29, 1.82) is 0 Å². The van der Waals surface area contributed by atoms with Crippen LogP contribution in [0.25, 0.3) is 0 Å². The van der Waals surface area contributed by atoms with Crippen LogP contribution in [0.1, 0.15) is 13.3 Å². The molecule has 8 heteroatoms. The minimum Gasteiger partial charge on any atom is -0.207 e. The summed E-state index contributed by atoms with van der Waals surface area (Å²) >= 11 is 3.11. The Kier molecular flexibility index (Phi) is 4.79. The van der Waals surface area contributed by atoms with E-state index in [1.54, 1.807) is 4.72 Å². The van der Waals surface area contributed by atoms with Crippen molar-refractivity contribution in [3.05, 3.63) is 28.7 Å². The van der Waals surface area contributed by atoms with Crippen molar-refractivity contribution >= 4 is 26.0 Å². The third-order valence-electron chi connectivity index (χ3n) is 2.22. The zero-order chi connectivity index (χ0) is 14.0. The molecular formula is C10H11BrF3NO2S. The van der Waals surface area contributed by atoms with Gasteiger partial charge < -0.3 is 0 Å². The van der Waals surface area contributed by atoms with E-state index in [0.29, 0.717) is 4.47 Å². The van der Waals surface area contributed by atoms with Gasteiger partial charge in [-0.15, -0.1) is 0 Å². The smallest absolute Gasteiger partial charge is 0.207 e. The van der Waals surface area contributed by atoms with E-state index < -0.39 is 22.2 Å². The molecule has 102 valence electrons. The third kappa shape index (κ3) is 3.96. The number of rotatable bonds is 4. The predicted molar refractivity (Wildman–Crippen MR) is 64.6 cm³/mol. The lowest BCUT2D eigenvalue weighted by atomic mass is 10.2. The van der Waals surface area contributed by atoms with Crippen molar-refractivity contribution in [1.82, 2.24) is 4.72 Å². The van der Waals surface area contributed by atoms with Gasteiger partial charge >= 0.3 is 6.18 Å². The van der Waals surface area contributed by atoms with Crippen LogP contribution in [0.15, 0.2) is 33.6 Å². The van der Waals surface area contributed by atoms with Crippen LogP contribution in [0, 0.1) is 0 Å². The summed E-state index contributed by atoms with van der Waals surface area (Å²) in [5.74, 6) is 0. The highest BCUT2D eigenvalue weighted by Gasteiger charge is 2.40. The average molecular weight is 346 g/mol. The molecule has 0 fully saturated rings. The Hall–Kier alpha value is -0.600. The molecule has 0 aliphatic carbocycles. The fourth-order valence-electron chi connectivity index (χ4n) is 1.25. The number of hydrogen-bond acceptors (Lipinski definition) is 2. The first kappa shape index (κ1) is 15.5. The lowest BCUT2D eigenvalue weighted by Gasteiger charge is -2.19. The van der Waals surface area contributed by atoms with E-state index in [1.165, 1.54) is 31.2 Å². The van der Waals surface area contributed by atoms with Gasteiger partial charge in [-0.2, -0.15) is 17.9 Å². The van der Waals surface area contributed by atoms with Crippen LogP contribution in [0.2, 0.25) is 0 Å². The number of halogens is 4. The summed E-state index contributed by atoms with van der Waals surface area (Å²) in [6.07, 6.45) is -4.96. The third-order valence-corrected chi connectivity index (χ3v) is 4.24.